The van der Waals surface area contributed by atoms with Crippen molar-refractivity contribution in [3.8, 4) is 5.75 Å². The number of benzene rings is 2. The molecule has 120 valence electrons. The van der Waals surface area contributed by atoms with Crippen molar-refractivity contribution in [1.29, 1.82) is 0 Å². The molecule has 0 atom stereocenters. The number of hydrazine groups is 1. The number of carbonyl (C=O) groups is 3. The topological polar surface area (TPSA) is 108 Å². The van der Waals surface area contributed by atoms with Crippen LogP contribution in [0.5, 0.6) is 5.75 Å². The normalized spacial score (nSPS) is 10.1. The van der Waals surface area contributed by atoms with Crippen LogP contribution in [0.3, 0.4) is 0 Å². The molecule has 2 aromatic carbocycles. The smallest absolute Gasteiger partial charge is 0.276 e. The maximum Gasteiger partial charge on any atom is 0.276 e. The Morgan fingerprint density at radius 3 is 2.35 bits per heavy atom. The van der Waals surface area contributed by atoms with Gasteiger partial charge >= 0.3 is 0 Å². The van der Waals surface area contributed by atoms with E-state index < -0.39 is 24.2 Å². The van der Waals surface area contributed by atoms with E-state index in [2.05, 4.69) is 10.9 Å². The third-order valence-electron chi connectivity index (χ3n) is 2.99. The minimum Gasteiger partial charge on any atom is -0.550 e. The Labute approximate surface area is 132 Å². The van der Waals surface area contributed by atoms with Gasteiger partial charge in [-0.3, -0.25) is 20.4 Å². The van der Waals surface area contributed by atoms with E-state index in [0.717, 1.165) is 10.8 Å². The molecule has 0 unspecified atom stereocenters. The number of carbonyl (C=O) groups excluding carboxylic acids is 3. The summed E-state index contributed by atoms with van der Waals surface area (Å²) in [6.45, 7) is -0.279. The summed E-state index contributed by atoms with van der Waals surface area (Å²) >= 11 is 0. The van der Waals surface area contributed by atoms with Crippen LogP contribution in [0.15, 0.2) is 42.5 Å². The average Bonchev–Trinajstić information content (AvgIpc) is 2.56. The molecule has 0 saturated heterocycles. The Kier molecular flexibility index (Phi) is 5.51. The van der Waals surface area contributed by atoms with E-state index in [9.17, 15) is 19.5 Å². The van der Waals surface area contributed by atoms with Gasteiger partial charge < -0.3 is 14.6 Å². The van der Waals surface area contributed by atoms with Crippen molar-refractivity contribution in [2.24, 2.45) is 0 Å². The van der Waals surface area contributed by atoms with Crippen LogP contribution >= 0.6 is 0 Å². The van der Waals surface area contributed by atoms with Gasteiger partial charge in [0, 0.05) is 12.4 Å². The molecule has 0 spiro atoms. The number of carboxylic acids is 1. The first kappa shape index (κ1) is 16.3. The minimum atomic E-state index is -1.33. The highest BCUT2D eigenvalue weighted by molar-refractivity contribution is 5.85. The molecule has 0 aliphatic carbocycles. The van der Waals surface area contributed by atoms with Crippen molar-refractivity contribution < 1.29 is 24.2 Å². The van der Waals surface area contributed by atoms with E-state index in [1.807, 2.05) is 30.3 Å². The Morgan fingerprint density at radius 1 is 0.913 bits per heavy atom. The second-order valence-electron chi connectivity index (χ2n) is 4.77. The molecule has 2 N–H and O–H groups in total. The summed E-state index contributed by atoms with van der Waals surface area (Å²) in [6, 6.07) is 13.2. The molecule has 0 radical (unpaired) electrons. The van der Waals surface area contributed by atoms with Crippen LogP contribution in [-0.4, -0.2) is 24.4 Å². The fraction of sp³-hybridized carbons (Fsp3) is 0.188. The maximum absolute atomic E-state index is 11.5. The van der Waals surface area contributed by atoms with Gasteiger partial charge in [-0.25, -0.2) is 0 Å². The highest BCUT2D eigenvalue weighted by Gasteiger charge is 2.06. The maximum atomic E-state index is 11.5. The summed E-state index contributed by atoms with van der Waals surface area (Å²) in [5.74, 6) is -1.97. The molecule has 0 fully saturated rings. The molecule has 0 saturated carbocycles. The summed E-state index contributed by atoms with van der Waals surface area (Å²) in [5.41, 5.74) is 4.23. The van der Waals surface area contributed by atoms with Gasteiger partial charge in [0.25, 0.3) is 5.91 Å². The van der Waals surface area contributed by atoms with E-state index in [4.69, 9.17) is 4.74 Å². The van der Waals surface area contributed by atoms with Crippen molar-refractivity contribution in [1.82, 2.24) is 10.9 Å². The van der Waals surface area contributed by atoms with Crippen molar-refractivity contribution in [3.63, 3.8) is 0 Å². The van der Waals surface area contributed by atoms with Crippen molar-refractivity contribution in [2.75, 3.05) is 6.61 Å². The molecular weight excluding hydrogens is 300 g/mol. The van der Waals surface area contributed by atoms with Crippen LogP contribution in [0, 0.1) is 0 Å². The molecule has 0 bridgehead atoms. The minimum absolute atomic E-state index is 0.270. The molecule has 2 rings (SSSR count). The third kappa shape index (κ3) is 5.31. The lowest BCUT2D eigenvalue weighted by Crippen LogP contribution is -2.44. The zero-order valence-corrected chi connectivity index (χ0v) is 12.2. The predicted molar refractivity (Wildman–Crippen MR) is 80.0 cm³/mol. The Hall–Kier alpha value is -3.09. The largest absolute Gasteiger partial charge is 0.550 e. The first-order chi connectivity index (χ1) is 11.0. The zero-order valence-electron chi connectivity index (χ0n) is 12.2. The Bertz CT molecular complexity index is 729. The summed E-state index contributed by atoms with van der Waals surface area (Å²) in [4.78, 5) is 33.0. The van der Waals surface area contributed by atoms with Crippen LogP contribution in [0.2, 0.25) is 0 Å². The molecular formula is C16H15N2O5-. The SMILES string of the molecule is O=C([O-])CCC(=O)NNC(=O)COc1ccc2ccccc2c1. The number of hydrogen-bond donors (Lipinski definition) is 2. The lowest BCUT2D eigenvalue weighted by atomic mass is 10.1. The number of nitrogens with one attached hydrogen (secondary N) is 2. The van der Waals surface area contributed by atoms with Crippen LogP contribution in [-0.2, 0) is 14.4 Å². The van der Waals surface area contributed by atoms with Gasteiger partial charge in [0.05, 0.1) is 0 Å². The molecule has 2 aromatic rings. The Balaban J connectivity index is 1.77. The van der Waals surface area contributed by atoms with Crippen LogP contribution in [0.25, 0.3) is 10.8 Å². The number of ether oxygens (including phenoxy) is 1. The lowest BCUT2D eigenvalue weighted by molar-refractivity contribution is -0.305. The average molecular weight is 315 g/mol. The predicted octanol–water partition coefficient (Wildman–Crippen LogP) is -0.104. The van der Waals surface area contributed by atoms with E-state index >= 15 is 0 Å². The highest BCUT2D eigenvalue weighted by atomic mass is 16.5. The monoisotopic (exact) mass is 315 g/mol. The highest BCUT2D eigenvalue weighted by Crippen LogP contribution is 2.20. The molecule has 23 heavy (non-hydrogen) atoms. The number of rotatable bonds is 6. The standard InChI is InChI=1S/C16H16N2O5/c19-14(7-8-16(21)22)17-18-15(20)10-23-13-6-5-11-3-1-2-4-12(11)9-13/h1-6,9H,7-8,10H2,(H,17,19)(H,18,20)(H,21,22)/p-1. The van der Waals surface area contributed by atoms with Crippen molar-refractivity contribution in [2.45, 2.75) is 12.8 Å². The fourth-order valence-electron chi connectivity index (χ4n) is 1.86. The van der Waals surface area contributed by atoms with Gasteiger partial charge in [0.1, 0.15) is 5.75 Å². The molecule has 0 aliphatic rings. The quantitative estimate of drug-likeness (QED) is 0.724. The van der Waals surface area contributed by atoms with Crippen LogP contribution in [0.4, 0.5) is 0 Å². The lowest BCUT2D eigenvalue weighted by Gasteiger charge is -2.09. The van der Waals surface area contributed by atoms with E-state index in [0.29, 0.717) is 5.75 Å². The summed E-state index contributed by atoms with van der Waals surface area (Å²) in [5, 5.41) is 12.2. The van der Waals surface area contributed by atoms with E-state index in [1.54, 1.807) is 12.1 Å². The molecule has 0 aliphatic heterocycles. The second-order valence-corrected chi connectivity index (χ2v) is 4.77. The molecule has 7 nitrogen and oxygen atoms in total. The fourth-order valence-corrected chi connectivity index (χ4v) is 1.86. The number of fused-ring (bicyclic) bond motifs is 1. The van der Waals surface area contributed by atoms with E-state index in [-0.39, 0.29) is 13.0 Å². The van der Waals surface area contributed by atoms with Crippen molar-refractivity contribution >= 4 is 28.6 Å². The summed E-state index contributed by atoms with van der Waals surface area (Å²) in [6.07, 6.45) is -0.677. The molecule has 2 amide bonds. The van der Waals surface area contributed by atoms with Gasteiger partial charge in [-0.15, -0.1) is 0 Å². The van der Waals surface area contributed by atoms with Crippen molar-refractivity contribution in [3.05, 3.63) is 42.5 Å². The van der Waals surface area contributed by atoms with Gasteiger partial charge in [-0.1, -0.05) is 30.3 Å². The summed E-state index contributed by atoms with van der Waals surface area (Å²) in [7, 11) is 0. The Morgan fingerprint density at radius 2 is 1.61 bits per heavy atom. The van der Waals surface area contributed by atoms with Gasteiger partial charge in [0.15, 0.2) is 6.61 Å². The van der Waals surface area contributed by atoms with Gasteiger partial charge in [-0.05, 0) is 29.3 Å². The second kappa shape index (κ2) is 7.79. The number of hydrogen-bond acceptors (Lipinski definition) is 5. The first-order valence-corrected chi connectivity index (χ1v) is 6.94. The third-order valence-corrected chi connectivity index (χ3v) is 2.99. The van der Waals surface area contributed by atoms with Crippen LogP contribution in [0.1, 0.15) is 12.8 Å². The molecule has 0 heterocycles. The molecule has 0 aromatic heterocycles. The first-order valence-electron chi connectivity index (χ1n) is 6.94. The van der Waals surface area contributed by atoms with Crippen LogP contribution < -0.4 is 20.7 Å². The van der Waals surface area contributed by atoms with Gasteiger partial charge in [-0.2, -0.15) is 0 Å². The van der Waals surface area contributed by atoms with E-state index in [1.165, 1.54) is 0 Å². The summed E-state index contributed by atoms with van der Waals surface area (Å²) < 4.78 is 5.34. The number of aliphatic carboxylic acids is 1. The number of carboxylic acid groups (broad SMARTS) is 1. The van der Waals surface area contributed by atoms with Gasteiger partial charge in [0.2, 0.25) is 5.91 Å². The number of amides is 2. The zero-order chi connectivity index (χ0) is 16.7. The molecule has 7 heteroatoms.